The molecule has 0 radical (unpaired) electrons. The average molecular weight is 434 g/mol. The Balaban J connectivity index is 2.33. The quantitative estimate of drug-likeness (QED) is 0.683. The molecular formula is C15H18Br2N2OS. The van der Waals surface area contributed by atoms with Crippen LogP contribution in [-0.2, 0) is 0 Å². The molecule has 0 aliphatic carbocycles. The van der Waals surface area contributed by atoms with E-state index < -0.39 is 0 Å². The molecule has 1 unspecified atom stereocenters. The molecule has 0 aromatic carbocycles. The number of ether oxygens (including phenoxy) is 1. The lowest BCUT2D eigenvalue weighted by molar-refractivity contribution is 0.241. The number of nitrogens with one attached hydrogen (secondary N) is 1. The predicted molar refractivity (Wildman–Crippen MR) is 95.2 cm³/mol. The second-order valence-corrected chi connectivity index (χ2v) is 8.14. The summed E-state index contributed by atoms with van der Waals surface area (Å²) in [4.78, 5) is 5.55. The fraction of sp³-hybridized carbons (Fsp3) is 0.400. The third-order valence-corrected chi connectivity index (χ3v) is 6.12. The minimum absolute atomic E-state index is 0.116. The van der Waals surface area contributed by atoms with Crippen LogP contribution in [0.5, 0.6) is 5.75 Å². The Morgan fingerprint density at radius 2 is 2.05 bits per heavy atom. The molecule has 0 bridgehead atoms. The highest BCUT2D eigenvalue weighted by Crippen LogP contribution is 2.37. The standard InChI is InChI=1S/C15H18Br2N2OS/c1-4-19-14(13-6-12(16)15(17)21-13)10-5-11(8-18-7-10)20-9(2)3/h5-9,14,19H,4H2,1-3H3. The zero-order valence-electron chi connectivity index (χ0n) is 12.2. The van der Waals surface area contributed by atoms with Crippen LogP contribution in [0.1, 0.15) is 37.3 Å². The SMILES string of the molecule is CCNC(c1cncc(OC(C)C)c1)c1cc(Br)c(Br)s1. The van der Waals surface area contributed by atoms with Crippen LogP contribution in [-0.4, -0.2) is 17.6 Å². The molecule has 0 amide bonds. The molecule has 0 aliphatic rings. The van der Waals surface area contributed by atoms with Crippen molar-refractivity contribution in [2.45, 2.75) is 32.9 Å². The van der Waals surface area contributed by atoms with Gasteiger partial charge < -0.3 is 10.1 Å². The van der Waals surface area contributed by atoms with Crippen molar-refractivity contribution in [2.24, 2.45) is 0 Å². The van der Waals surface area contributed by atoms with Gasteiger partial charge in [-0.15, -0.1) is 11.3 Å². The molecule has 2 rings (SSSR count). The van der Waals surface area contributed by atoms with E-state index in [1.807, 2.05) is 20.0 Å². The van der Waals surface area contributed by atoms with Gasteiger partial charge >= 0.3 is 0 Å². The molecule has 0 fully saturated rings. The third-order valence-electron chi connectivity index (χ3n) is 2.80. The highest BCUT2D eigenvalue weighted by molar-refractivity contribution is 9.13. The molecule has 0 spiro atoms. The normalized spacial score (nSPS) is 12.7. The van der Waals surface area contributed by atoms with Crippen molar-refractivity contribution >= 4 is 43.2 Å². The Bertz CT molecular complexity index is 582. The molecule has 0 saturated heterocycles. The molecule has 6 heteroatoms. The minimum atomic E-state index is 0.116. The summed E-state index contributed by atoms with van der Waals surface area (Å²) in [5, 5.41) is 3.51. The van der Waals surface area contributed by atoms with Gasteiger partial charge in [0.2, 0.25) is 0 Å². The summed E-state index contributed by atoms with van der Waals surface area (Å²) in [6.07, 6.45) is 3.79. The summed E-state index contributed by atoms with van der Waals surface area (Å²) in [6.45, 7) is 7.02. The monoisotopic (exact) mass is 432 g/mol. The molecular weight excluding hydrogens is 416 g/mol. The van der Waals surface area contributed by atoms with Crippen molar-refractivity contribution in [2.75, 3.05) is 6.54 Å². The van der Waals surface area contributed by atoms with Crippen molar-refractivity contribution in [1.29, 1.82) is 0 Å². The van der Waals surface area contributed by atoms with Gasteiger partial charge in [-0.25, -0.2) is 0 Å². The lowest BCUT2D eigenvalue weighted by Crippen LogP contribution is -2.21. The van der Waals surface area contributed by atoms with E-state index in [-0.39, 0.29) is 12.1 Å². The summed E-state index contributed by atoms with van der Waals surface area (Å²) >= 11 is 8.83. The van der Waals surface area contributed by atoms with Gasteiger partial charge in [0.05, 0.1) is 22.1 Å². The van der Waals surface area contributed by atoms with Crippen LogP contribution in [0.25, 0.3) is 0 Å². The van der Waals surface area contributed by atoms with Gasteiger partial charge in [0, 0.05) is 15.5 Å². The summed E-state index contributed by atoms with van der Waals surface area (Å²) in [6, 6.07) is 4.31. The first-order valence-electron chi connectivity index (χ1n) is 6.81. The number of hydrogen-bond acceptors (Lipinski definition) is 4. The highest BCUT2D eigenvalue weighted by Gasteiger charge is 2.18. The number of nitrogens with zero attached hydrogens (tertiary/aromatic N) is 1. The third kappa shape index (κ3) is 4.52. The van der Waals surface area contributed by atoms with E-state index in [0.717, 1.165) is 26.1 Å². The molecule has 1 N–H and O–H groups in total. The van der Waals surface area contributed by atoms with Gasteiger partial charge in [0.1, 0.15) is 5.75 Å². The van der Waals surface area contributed by atoms with Crippen LogP contribution in [0.2, 0.25) is 0 Å². The Hall–Kier alpha value is -0.430. The van der Waals surface area contributed by atoms with Crippen molar-refractivity contribution in [1.82, 2.24) is 10.3 Å². The molecule has 0 saturated carbocycles. The molecule has 3 nitrogen and oxygen atoms in total. The zero-order valence-corrected chi connectivity index (χ0v) is 16.2. The molecule has 2 heterocycles. The molecule has 0 aliphatic heterocycles. The number of rotatable bonds is 6. The van der Waals surface area contributed by atoms with Crippen LogP contribution in [0.4, 0.5) is 0 Å². The van der Waals surface area contributed by atoms with E-state index in [2.05, 4.69) is 61.2 Å². The molecule has 21 heavy (non-hydrogen) atoms. The summed E-state index contributed by atoms with van der Waals surface area (Å²) in [7, 11) is 0. The van der Waals surface area contributed by atoms with Crippen LogP contribution in [0.3, 0.4) is 0 Å². The van der Waals surface area contributed by atoms with Crippen LogP contribution >= 0.6 is 43.2 Å². The number of thiophene rings is 1. The summed E-state index contributed by atoms with van der Waals surface area (Å²) in [5.41, 5.74) is 1.11. The fourth-order valence-corrected chi connectivity index (χ4v) is 4.22. The van der Waals surface area contributed by atoms with E-state index in [1.54, 1.807) is 17.5 Å². The lowest BCUT2D eigenvalue weighted by Gasteiger charge is -2.18. The topological polar surface area (TPSA) is 34.2 Å². The molecule has 1 atom stereocenters. The number of aromatic nitrogens is 1. The van der Waals surface area contributed by atoms with Gasteiger partial charge in [0.15, 0.2) is 0 Å². The van der Waals surface area contributed by atoms with Crippen molar-refractivity contribution < 1.29 is 4.74 Å². The van der Waals surface area contributed by atoms with Crippen molar-refractivity contribution in [3.63, 3.8) is 0 Å². The van der Waals surface area contributed by atoms with Gasteiger partial charge in [-0.2, -0.15) is 0 Å². The fourth-order valence-electron chi connectivity index (χ4n) is 2.02. The van der Waals surface area contributed by atoms with Gasteiger partial charge in [-0.3, -0.25) is 4.98 Å². The Morgan fingerprint density at radius 3 is 2.62 bits per heavy atom. The highest BCUT2D eigenvalue weighted by atomic mass is 79.9. The van der Waals surface area contributed by atoms with Gasteiger partial charge in [-0.05, 0) is 69.9 Å². The number of pyridine rings is 1. The van der Waals surface area contributed by atoms with E-state index in [4.69, 9.17) is 4.74 Å². The maximum absolute atomic E-state index is 5.74. The van der Waals surface area contributed by atoms with Crippen molar-refractivity contribution in [3.05, 3.63) is 43.2 Å². The van der Waals surface area contributed by atoms with Gasteiger partial charge in [-0.1, -0.05) is 6.92 Å². The largest absolute Gasteiger partial charge is 0.489 e. The van der Waals surface area contributed by atoms with E-state index >= 15 is 0 Å². The zero-order chi connectivity index (χ0) is 15.4. The van der Waals surface area contributed by atoms with Crippen molar-refractivity contribution in [3.8, 4) is 5.75 Å². The minimum Gasteiger partial charge on any atom is -0.489 e. The van der Waals surface area contributed by atoms with Crippen LogP contribution < -0.4 is 10.1 Å². The average Bonchev–Trinajstić information content (AvgIpc) is 2.75. The Labute approximate surface area is 146 Å². The summed E-state index contributed by atoms with van der Waals surface area (Å²) in [5.74, 6) is 0.806. The Kier molecular flexibility index (Phi) is 6.22. The van der Waals surface area contributed by atoms with E-state index in [9.17, 15) is 0 Å². The first-order chi connectivity index (χ1) is 10.0. The lowest BCUT2D eigenvalue weighted by atomic mass is 10.1. The van der Waals surface area contributed by atoms with Crippen LogP contribution in [0, 0.1) is 0 Å². The predicted octanol–water partition coefficient (Wildman–Crippen LogP) is 5.15. The number of halogens is 2. The maximum atomic E-state index is 5.74. The van der Waals surface area contributed by atoms with Crippen LogP contribution in [0.15, 0.2) is 32.8 Å². The second kappa shape index (κ2) is 7.72. The van der Waals surface area contributed by atoms with E-state index in [1.165, 1.54) is 4.88 Å². The first-order valence-corrected chi connectivity index (χ1v) is 9.21. The van der Waals surface area contributed by atoms with Gasteiger partial charge in [0.25, 0.3) is 0 Å². The Morgan fingerprint density at radius 1 is 1.29 bits per heavy atom. The van der Waals surface area contributed by atoms with E-state index in [0.29, 0.717) is 0 Å². The summed E-state index contributed by atoms with van der Waals surface area (Å²) < 4.78 is 7.92. The maximum Gasteiger partial charge on any atom is 0.138 e. The molecule has 2 aromatic rings. The molecule has 114 valence electrons. The smallest absolute Gasteiger partial charge is 0.138 e. The first kappa shape index (κ1) is 16.9. The molecule has 2 aromatic heterocycles. The number of hydrogen-bond donors (Lipinski definition) is 1. The second-order valence-electron chi connectivity index (χ2n) is 4.88.